The minimum Gasteiger partial charge on any atom is -0.314 e. The van der Waals surface area contributed by atoms with Gasteiger partial charge in [0.1, 0.15) is 0 Å². The molecule has 0 atom stereocenters. The highest BCUT2D eigenvalue weighted by Gasteiger charge is 2.12. The summed E-state index contributed by atoms with van der Waals surface area (Å²) in [6, 6.07) is 3.03. The summed E-state index contributed by atoms with van der Waals surface area (Å²) in [4.78, 5) is 1.55. The van der Waals surface area contributed by atoms with E-state index in [9.17, 15) is 0 Å². The highest BCUT2D eigenvalue weighted by molar-refractivity contribution is 7.10. The number of aryl methyl sites for hydroxylation is 1. The summed E-state index contributed by atoms with van der Waals surface area (Å²) in [5.74, 6) is 0. The van der Waals surface area contributed by atoms with Crippen LogP contribution in [-0.2, 0) is 6.42 Å². The van der Waals surface area contributed by atoms with Gasteiger partial charge >= 0.3 is 0 Å². The Morgan fingerprint density at radius 1 is 1.33 bits per heavy atom. The van der Waals surface area contributed by atoms with Crippen LogP contribution in [0.3, 0.4) is 0 Å². The van der Waals surface area contributed by atoms with Gasteiger partial charge in [0.15, 0.2) is 0 Å². The fraction of sp³-hybridized carbons (Fsp3) is 0.692. The van der Waals surface area contributed by atoms with Gasteiger partial charge in [-0.2, -0.15) is 0 Å². The minimum atomic E-state index is 0.805. The lowest BCUT2D eigenvalue weighted by Crippen LogP contribution is -2.32. The monoisotopic (exact) mass is 223 g/mol. The van der Waals surface area contributed by atoms with Crippen molar-refractivity contribution in [3.05, 3.63) is 21.9 Å². The van der Waals surface area contributed by atoms with Gasteiger partial charge in [0.2, 0.25) is 0 Å². The molecule has 0 spiro atoms. The first-order valence-corrected chi connectivity index (χ1v) is 7.00. The summed E-state index contributed by atoms with van der Waals surface area (Å²) in [5.41, 5.74) is 1.46. The van der Waals surface area contributed by atoms with Crippen molar-refractivity contribution in [3.8, 4) is 0 Å². The number of rotatable bonds is 4. The van der Waals surface area contributed by atoms with Crippen molar-refractivity contribution in [1.82, 2.24) is 5.32 Å². The lowest BCUT2D eigenvalue weighted by Gasteiger charge is -2.22. The van der Waals surface area contributed by atoms with Crippen molar-refractivity contribution in [2.75, 3.05) is 6.54 Å². The molecule has 1 nitrogen and oxygen atoms in total. The zero-order chi connectivity index (χ0) is 10.5. The van der Waals surface area contributed by atoms with Crippen LogP contribution in [0, 0.1) is 6.92 Å². The lowest BCUT2D eigenvalue weighted by molar-refractivity contribution is 0.376. The smallest absolute Gasteiger partial charge is 0.00870 e. The predicted octanol–water partition coefficient (Wildman–Crippen LogP) is 3.52. The molecule has 0 aliphatic heterocycles. The third kappa shape index (κ3) is 3.32. The molecule has 1 fully saturated rings. The SMILES string of the molecule is Cc1ccsc1CCNC1CCCCC1. The topological polar surface area (TPSA) is 12.0 Å². The molecule has 1 saturated carbocycles. The van der Waals surface area contributed by atoms with Crippen molar-refractivity contribution in [2.24, 2.45) is 0 Å². The van der Waals surface area contributed by atoms with E-state index in [1.807, 2.05) is 11.3 Å². The molecule has 1 N–H and O–H groups in total. The van der Waals surface area contributed by atoms with E-state index in [1.165, 1.54) is 44.1 Å². The molecule has 1 aromatic heterocycles. The van der Waals surface area contributed by atoms with Crippen LogP contribution in [0.1, 0.15) is 42.5 Å². The van der Waals surface area contributed by atoms with Crippen molar-refractivity contribution >= 4 is 11.3 Å². The van der Waals surface area contributed by atoms with E-state index in [2.05, 4.69) is 23.7 Å². The molecule has 0 aromatic carbocycles. The van der Waals surface area contributed by atoms with Gasteiger partial charge in [-0.15, -0.1) is 11.3 Å². The maximum absolute atomic E-state index is 3.69. The standard InChI is InChI=1S/C13H21NS/c1-11-8-10-15-13(11)7-9-14-12-5-3-2-4-6-12/h8,10,12,14H,2-7,9H2,1H3. The Morgan fingerprint density at radius 2 is 2.13 bits per heavy atom. The molecular weight excluding hydrogens is 202 g/mol. The van der Waals surface area contributed by atoms with E-state index >= 15 is 0 Å². The van der Waals surface area contributed by atoms with Gasteiger partial charge in [0.25, 0.3) is 0 Å². The molecule has 0 unspecified atom stereocenters. The number of thiophene rings is 1. The average molecular weight is 223 g/mol. The number of nitrogens with one attached hydrogen (secondary N) is 1. The van der Waals surface area contributed by atoms with E-state index in [1.54, 1.807) is 4.88 Å². The highest BCUT2D eigenvalue weighted by Crippen LogP contribution is 2.18. The summed E-state index contributed by atoms with van der Waals surface area (Å²) in [5, 5.41) is 5.89. The predicted molar refractivity (Wildman–Crippen MR) is 67.6 cm³/mol. The van der Waals surface area contributed by atoms with Crippen LogP contribution in [0.2, 0.25) is 0 Å². The van der Waals surface area contributed by atoms with E-state index < -0.39 is 0 Å². The zero-order valence-electron chi connectivity index (χ0n) is 9.59. The van der Waals surface area contributed by atoms with Crippen LogP contribution in [0.15, 0.2) is 11.4 Å². The molecule has 2 heteroatoms. The molecule has 84 valence electrons. The van der Waals surface area contributed by atoms with Gasteiger partial charge in [-0.25, -0.2) is 0 Å². The minimum absolute atomic E-state index is 0.805. The van der Waals surface area contributed by atoms with E-state index in [0.29, 0.717) is 0 Å². The quantitative estimate of drug-likeness (QED) is 0.823. The Labute approximate surface area is 96.9 Å². The third-order valence-electron chi connectivity index (χ3n) is 3.36. The van der Waals surface area contributed by atoms with Gasteiger partial charge in [-0.3, -0.25) is 0 Å². The fourth-order valence-electron chi connectivity index (χ4n) is 2.36. The number of hydrogen-bond acceptors (Lipinski definition) is 2. The Hall–Kier alpha value is -0.340. The largest absolute Gasteiger partial charge is 0.314 e. The van der Waals surface area contributed by atoms with Crippen molar-refractivity contribution in [1.29, 1.82) is 0 Å². The van der Waals surface area contributed by atoms with Crippen LogP contribution >= 0.6 is 11.3 Å². The van der Waals surface area contributed by atoms with E-state index in [4.69, 9.17) is 0 Å². The summed E-state index contributed by atoms with van der Waals surface area (Å²) in [6.45, 7) is 3.37. The Morgan fingerprint density at radius 3 is 2.80 bits per heavy atom. The Kier molecular flexibility index (Phi) is 4.21. The van der Waals surface area contributed by atoms with Crippen molar-refractivity contribution in [3.63, 3.8) is 0 Å². The molecule has 1 aliphatic carbocycles. The fourth-order valence-corrected chi connectivity index (χ4v) is 3.27. The second-order valence-corrected chi connectivity index (χ2v) is 5.57. The second-order valence-electron chi connectivity index (χ2n) is 4.57. The van der Waals surface area contributed by atoms with Crippen molar-refractivity contribution < 1.29 is 0 Å². The van der Waals surface area contributed by atoms with Gasteiger partial charge in [-0.05, 0) is 43.2 Å². The molecule has 1 heterocycles. The summed E-state index contributed by atoms with van der Waals surface area (Å²) >= 11 is 1.90. The highest BCUT2D eigenvalue weighted by atomic mass is 32.1. The first kappa shape index (κ1) is 11.2. The Bertz CT molecular complexity index is 286. The van der Waals surface area contributed by atoms with Gasteiger partial charge < -0.3 is 5.32 Å². The Balaban J connectivity index is 1.68. The van der Waals surface area contributed by atoms with E-state index in [-0.39, 0.29) is 0 Å². The van der Waals surface area contributed by atoms with Crippen LogP contribution in [0.25, 0.3) is 0 Å². The first-order chi connectivity index (χ1) is 7.36. The molecule has 0 bridgehead atoms. The summed E-state index contributed by atoms with van der Waals surface area (Å²) in [6.07, 6.45) is 8.29. The molecule has 1 aromatic rings. The first-order valence-electron chi connectivity index (χ1n) is 6.12. The summed E-state index contributed by atoms with van der Waals surface area (Å²) < 4.78 is 0. The number of hydrogen-bond donors (Lipinski definition) is 1. The van der Waals surface area contributed by atoms with Gasteiger partial charge in [-0.1, -0.05) is 19.3 Å². The zero-order valence-corrected chi connectivity index (χ0v) is 10.4. The van der Waals surface area contributed by atoms with Crippen LogP contribution in [0.4, 0.5) is 0 Å². The molecule has 0 saturated heterocycles. The van der Waals surface area contributed by atoms with Crippen LogP contribution in [-0.4, -0.2) is 12.6 Å². The van der Waals surface area contributed by atoms with Gasteiger partial charge in [0, 0.05) is 17.5 Å². The maximum Gasteiger partial charge on any atom is 0.00870 e. The van der Waals surface area contributed by atoms with Crippen molar-refractivity contribution in [2.45, 2.75) is 51.5 Å². The molecule has 2 rings (SSSR count). The van der Waals surface area contributed by atoms with Crippen LogP contribution in [0.5, 0.6) is 0 Å². The second kappa shape index (κ2) is 5.66. The lowest BCUT2D eigenvalue weighted by atomic mass is 9.95. The molecule has 0 amide bonds. The molecule has 1 aliphatic rings. The third-order valence-corrected chi connectivity index (χ3v) is 4.44. The van der Waals surface area contributed by atoms with E-state index in [0.717, 1.165) is 12.6 Å². The normalized spacial score (nSPS) is 18.2. The molecule has 15 heavy (non-hydrogen) atoms. The average Bonchev–Trinajstić information content (AvgIpc) is 2.66. The maximum atomic E-state index is 3.69. The molecular formula is C13H21NS. The van der Waals surface area contributed by atoms with Crippen LogP contribution < -0.4 is 5.32 Å². The molecule has 0 radical (unpaired) electrons. The summed E-state index contributed by atoms with van der Waals surface area (Å²) in [7, 11) is 0. The van der Waals surface area contributed by atoms with Gasteiger partial charge in [0.05, 0.1) is 0 Å².